The zero-order chi connectivity index (χ0) is 21.9. The van der Waals surface area contributed by atoms with Gasteiger partial charge in [0.15, 0.2) is 15.9 Å². The lowest BCUT2D eigenvalue weighted by atomic mass is 10.2. The van der Waals surface area contributed by atoms with E-state index in [1.807, 2.05) is 30.3 Å². The quantitative estimate of drug-likeness (QED) is 0.651. The maximum Gasteiger partial charge on any atom is 0.340 e. The molecular weight excluding hydrogens is 428 g/mol. The highest BCUT2D eigenvalue weighted by molar-refractivity contribution is 7.90. The summed E-state index contributed by atoms with van der Waals surface area (Å²) >= 11 is 6.03. The number of benzene rings is 2. The summed E-state index contributed by atoms with van der Waals surface area (Å²) in [5, 5.41) is 0.0588. The van der Waals surface area contributed by atoms with Crippen molar-refractivity contribution in [3.63, 3.8) is 0 Å². The molecule has 0 N–H and O–H groups in total. The van der Waals surface area contributed by atoms with E-state index in [9.17, 15) is 18.0 Å². The lowest BCUT2D eigenvalue weighted by Gasteiger charge is -2.37. The first-order chi connectivity index (χ1) is 14.2. The van der Waals surface area contributed by atoms with Crippen molar-refractivity contribution in [2.45, 2.75) is 17.9 Å². The molecule has 0 bridgehead atoms. The van der Waals surface area contributed by atoms with Gasteiger partial charge in [-0.2, -0.15) is 0 Å². The van der Waals surface area contributed by atoms with Crippen molar-refractivity contribution in [3.05, 3.63) is 59.1 Å². The van der Waals surface area contributed by atoms with Crippen molar-refractivity contribution in [1.29, 1.82) is 0 Å². The Hall–Kier alpha value is -2.58. The third kappa shape index (κ3) is 5.12. The minimum Gasteiger partial charge on any atom is -0.449 e. The topological polar surface area (TPSA) is 84.0 Å². The van der Waals surface area contributed by atoms with Gasteiger partial charge in [0, 0.05) is 38.1 Å². The Morgan fingerprint density at radius 2 is 1.67 bits per heavy atom. The summed E-state index contributed by atoms with van der Waals surface area (Å²) in [5.74, 6) is -1.14. The van der Waals surface area contributed by atoms with Crippen molar-refractivity contribution >= 4 is 39.0 Å². The molecule has 3 rings (SSSR count). The van der Waals surface area contributed by atoms with Gasteiger partial charge in [-0.3, -0.25) is 4.79 Å². The molecule has 7 nitrogen and oxygen atoms in total. The molecule has 0 spiro atoms. The first-order valence-corrected chi connectivity index (χ1v) is 11.7. The Labute approximate surface area is 181 Å². The number of piperazine rings is 1. The molecule has 1 aliphatic heterocycles. The van der Waals surface area contributed by atoms with E-state index in [0.717, 1.165) is 18.0 Å². The van der Waals surface area contributed by atoms with Crippen LogP contribution >= 0.6 is 11.6 Å². The SMILES string of the molecule is CC(OC(=O)c1cc(S(C)(=O)=O)ccc1Cl)C(=O)N1CCN(c2ccccc2)CC1. The number of halogens is 1. The predicted molar refractivity (Wildman–Crippen MR) is 115 cm³/mol. The number of hydrogen-bond donors (Lipinski definition) is 0. The standard InChI is InChI=1S/C21H23ClN2O5S/c1-15(29-21(26)18-14-17(30(2,27)28)8-9-19(18)22)20(25)24-12-10-23(11-13-24)16-6-4-3-5-7-16/h3-9,14-15H,10-13H2,1-2H3. The molecule has 2 aromatic rings. The molecule has 0 aliphatic carbocycles. The second-order valence-electron chi connectivity index (χ2n) is 7.11. The highest BCUT2D eigenvalue weighted by Gasteiger charge is 2.28. The summed E-state index contributed by atoms with van der Waals surface area (Å²) in [5.41, 5.74) is 1.01. The Bertz CT molecular complexity index is 1030. The maximum absolute atomic E-state index is 12.7. The van der Waals surface area contributed by atoms with Crippen LogP contribution in [0.15, 0.2) is 53.4 Å². The van der Waals surface area contributed by atoms with Gasteiger partial charge in [0.2, 0.25) is 0 Å². The van der Waals surface area contributed by atoms with Crippen LogP contribution in [0.2, 0.25) is 5.02 Å². The first kappa shape index (κ1) is 22.1. The number of ether oxygens (including phenoxy) is 1. The van der Waals surface area contributed by atoms with Crippen LogP contribution in [0.25, 0.3) is 0 Å². The number of carbonyl (C=O) groups excluding carboxylic acids is 2. The number of rotatable bonds is 5. The second-order valence-corrected chi connectivity index (χ2v) is 9.53. The average Bonchev–Trinajstić information content (AvgIpc) is 2.73. The Morgan fingerprint density at radius 3 is 2.27 bits per heavy atom. The number of amides is 1. The minimum absolute atomic E-state index is 0.0464. The van der Waals surface area contributed by atoms with Gasteiger partial charge in [0.25, 0.3) is 5.91 Å². The largest absolute Gasteiger partial charge is 0.449 e. The number of esters is 1. The molecule has 30 heavy (non-hydrogen) atoms. The van der Waals surface area contributed by atoms with E-state index in [-0.39, 0.29) is 21.4 Å². The Kier molecular flexibility index (Phi) is 6.67. The van der Waals surface area contributed by atoms with Crippen LogP contribution in [-0.4, -0.2) is 63.7 Å². The molecule has 1 amide bonds. The molecule has 0 radical (unpaired) electrons. The molecule has 1 saturated heterocycles. The molecule has 1 fully saturated rings. The van der Waals surface area contributed by atoms with Gasteiger partial charge in [-0.05, 0) is 37.3 Å². The van der Waals surface area contributed by atoms with Crippen LogP contribution in [0, 0.1) is 0 Å². The molecule has 1 atom stereocenters. The van der Waals surface area contributed by atoms with Gasteiger partial charge >= 0.3 is 5.97 Å². The van der Waals surface area contributed by atoms with Crippen LogP contribution in [0.4, 0.5) is 5.69 Å². The van der Waals surface area contributed by atoms with Crippen LogP contribution < -0.4 is 4.90 Å². The summed E-state index contributed by atoms with van der Waals surface area (Å²) in [4.78, 5) is 29.0. The predicted octanol–water partition coefficient (Wildman–Crippen LogP) is 2.64. The van der Waals surface area contributed by atoms with Gasteiger partial charge in [-0.25, -0.2) is 13.2 Å². The molecule has 1 heterocycles. The first-order valence-electron chi connectivity index (χ1n) is 9.46. The molecule has 0 saturated carbocycles. The van der Waals surface area contributed by atoms with Crippen LogP contribution in [0.3, 0.4) is 0 Å². The van der Waals surface area contributed by atoms with Gasteiger partial charge in [-0.15, -0.1) is 0 Å². The zero-order valence-electron chi connectivity index (χ0n) is 16.7. The zero-order valence-corrected chi connectivity index (χ0v) is 18.3. The van der Waals surface area contributed by atoms with E-state index in [1.165, 1.54) is 19.1 Å². The highest BCUT2D eigenvalue weighted by Crippen LogP contribution is 2.22. The van der Waals surface area contributed by atoms with E-state index in [4.69, 9.17) is 16.3 Å². The van der Waals surface area contributed by atoms with Gasteiger partial charge in [0.05, 0.1) is 15.5 Å². The Balaban J connectivity index is 1.62. The van der Waals surface area contributed by atoms with Crippen LogP contribution in [-0.2, 0) is 19.4 Å². The number of para-hydroxylation sites is 1. The molecule has 160 valence electrons. The number of anilines is 1. The van der Waals surface area contributed by atoms with E-state index in [0.29, 0.717) is 26.2 Å². The van der Waals surface area contributed by atoms with Gasteiger partial charge in [0.1, 0.15) is 0 Å². The third-order valence-corrected chi connectivity index (χ3v) is 6.37. The smallest absolute Gasteiger partial charge is 0.340 e. The van der Waals surface area contributed by atoms with Crippen LogP contribution in [0.5, 0.6) is 0 Å². The fourth-order valence-corrected chi connectivity index (χ4v) is 4.09. The highest BCUT2D eigenvalue weighted by atomic mass is 35.5. The van der Waals surface area contributed by atoms with E-state index in [1.54, 1.807) is 4.90 Å². The van der Waals surface area contributed by atoms with Crippen LogP contribution in [0.1, 0.15) is 17.3 Å². The molecule has 1 unspecified atom stereocenters. The van der Waals surface area contributed by atoms with Crippen molar-refractivity contribution in [2.75, 3.05) is 37.3 Å². The van der Waals surface area contributed by atoms with Crippen molar-refractivity contribution in [3.8, 4) is 0 Å². The molecule has 9 heteroatoms. The average molecular weight is 451 g/mol. The normalized spacial score (nSPS) is 15.6. The minimum atomic E-state index is -3.51. The fourth-order valence-electron chi connectivity index (χ4n) is 3.25. The fraction of sp³-hybridized carbons (Fsp3) is 0.333. The van der Waals surface area contributed by atoms with E-state index >= 15 is 0 Å². The van der Waals surface area contributed by atoms with Crippen molar-refractivity contribution in [2.24, 2.45) is 0 Å². The number of sulfone groups is 1. The monoisotopic (exact) mass is 450 g/mol. The summed E-state index contributed by atoms with van der Waals surface area (Å²) in [6.45, 7) is 3.88. The molecular formula is C21H23ClN2O5S. The second kappa shape index (κ2) is 9.06. The van der Waals surface area contributed by atoms with Gasteiger partial charge < -0.3 is 14.5 Å². The van der Waals surface area contributed by atoms with Crippen molar-refractivity contribution < 1.29 is 22.7 Å². The maximum atomic E-state index is 12.7. The number of hydrogen-bond acceptors (Lipinski definition) is 6. The summed E-state index contributed by atoms with van der Waals surface area (Å²) in [6, 6.07) is 13.7. The van der Waals surface area contributed by atoms with E-state index in [2.05, 4.69) is 4.90 Å². The Morgan fingerprint density at radius 1 is 1.03 bits per heavy atom. The van der Waals surface area contributed by atoms with Crippen molar-refractivity contribution in [1.82, 2.24) is 4.90 Å². The van der Waals surface area contributed by atoms with E-state index < -0.39 is 21.9 Å². The molecule has 1 aliphatic rings. The molecule has 2 aromatic carbocycles. The number of nitrogens with zero attached hydrogens (tertiary/aromatic N) is 2. The summed E-state index contributed by atoms with van der Waals surface area (Å²) < 4.78 is 28.7. The molecule has 0 aromatic heterocycles. The third-order valence-electron chi connectivity index (χ3n) is 4.93. The summed E-state index contributed by atoms with van der Waals surface area (Å²) in [6.07, 6.45) is 0.0193. The lowest BCUT2D eigenvalue weighted by Crippen LogP contribution is -2.51. The summed E-state index contributed by atoms with van der Waals surface area (Å²) in [7, 11) is -3.51. The lowest BCUT2D eigenvalue weighted by molar-refractivity contribution is -0.140. The van der Waals surface area contributed by atoms with Gasteiger partial charge in [-0.1, -0.05) is 29.8 Å². The number of carbonyl (C=O) groups is 2.